The molecule has 1 unspecified atom stereocenters. The minimum atomic E-state index is -0.193. The highest BCUT2D eigenvalue weighted by atomic mass is 79.9. The number of hydrogen-bond acceptors (Lipinski definition) is 3. The Kier molecular flexibility index (Phi) is 6.08. The maximum atomic E-state index is 13.5. The molecular formula is C16H17BrFNOS. The number of benzene rings is 2. The second-order valence-corrected chi connectivity index (χ2v) is 6.59. The minimum Gasteiger partial charge on any atom is -0.496 e. The molecule has 0 aromatic heterocycles. The van der Waals surface area contributed by atoms with Crippen LogP contribution >= 0.6 is 27.7 Å². The van der Waals surface area contributed by atoms with E-state index in [1.165, 1.54) is 17.8 Å². The van der Waals surface area contributed by atoms with E-state index in [2.05, 4.69) is 15.9 Å². The van der Waals surface area contributed by atoms with Crippen molar-refractivity contribution in [2.24, 2.45) is 5.73 Å². The summed E-state index contributed by atoms with van der Waals surface area (Å²) in [6, 6.07) is 12.6. The fourth-order valence-electron chi connectivity index (χ4n) is 1.96. The van der Waals surface area contributed by atoms with Crippen LogP contribution in [-0.4, -0.2) is 18.9 Å². The Labute approximate surface area is 137 Å². The maximum Gasteiger partial charge on any atom is 0.136 e. The van der Waals surface area contributed by atoms with Gasteiger partial charge in [0.25, 0.3) is 0 Å². The van der Waals surface area contributed by atoms with Crippen LogP contribution in [0.1, 0.15) is 5.56 Å². The predicted octanol–water partition coefficient (Wildman–Crippen LogP) is 4.26. The topological polar surface area (TPSA) is 35.2 Å². The standard InChI is InChI=1S/C16H17BrFNOS/c1-20-15-7-6-11(9-13(15)17)8-12(19)10-21-16-5-3-2-4-14(16)18/h2-7,9,12H,8,10,19H2,1H3. The number of thioether (sulfide) groups is 1. The van der Waals surface area contributed by atoms with Crippen molar-refractivity contribution in [2.75, 3.05) is 12.9 Å². The second kappa shape index (κ2) is 7.82. The number of hydrogen-bond donors (Lipinski definition) is 1. The van der Waals surface area contributed by atoms with Crippen LogP contribution in [0.25, 0.3) is 0 Å². The van der Waals surface area contributed by atoms with Gasteiger partial charge in [-0.2, -0.15) is 0 Å². The molecule has 0 saturated carbocycles. The van der Waals surface area contributed by atoms with Gasteiger partial charge < -0.3 is 10.5 Å². The lowest BCUT2D eigenvalue weighted by Crippen LogP contribution is -2.25. The SMILES string of the molecule is COc1ccc(CC(N)CSc2ccccc2F)cc1Br. The summed E-state index contributed by atoms with van der Waals surface area (Å²) in [5, 5.41) is 0. The van der Waals surface area contributed by atoms with Crippen LogP contribution in [-0.2, 0) is 6.42 Å². The van der Waals surface area contributed by atoms with E-state index in [1.807, 2.05) is 24.3 Å². The highest BCUT2D eigenvalue weighted by molar-refractivity contribution is 9.10. The van der Waals surface area contributed by atoms with Gasteiger partial charge in [0, 0.05) is 16.7 Å². The second-order valence-electron chi connectivity index (χ2n) is 4.67. The smallest absolute Gasteiger partial charge is 0.136 e. The minimum absolute atomic E-state index is 0.0325. The summed E-state index contributed by atoms with van der Waals surface area (Å²) in [5.74, 6) is 1.28. The molecule has 0 spiro atoms. The molecule has 2 nitrogen and oxygen atoms in total. The lowest BCUT2D eigenvalue weighted by molar-refractivity contribution is 0.412. The predicted molar refractivity (Wildman–Crippen MR) is 89.5 cm³/mol. The summed E-state index contributed by atoms with van der Waals surface area (Å²) in [6.45, 7) is 0. The molecule has 1 atom stereocenters. The van der Waals surface area contributed by atoms with Crippen LogP contribution in [0.3, 0.4) is 0 Å². The molecule has 0 aliphatic heterocycles. The molecule has 2 rings (SSSR count). The van der Waals surface area contributed by atoms with E-state index in [0.717, 1.165) is 22.2 Å². The van der Waals surface area contributed by atoms with Crippen LogP contribution in [0, 0.1) is 5.82 Å². The van der Waals surface area contributed by atoms with Crippen molar-refractivity contribution < 1.29 is 9.13 Å². The molecule has 0 bridgehead atoms. The molecule has 112 valence electrons. The summed E-state index contributed by atoms with van der Waals surface area (Å²) in [5.41, 5.74) is 7.26. The van der Waals surface area contributed by atoms with Crippen LogP contribution in [0.5, 0.6) is 5.75 Å². The van der Waals surface area contributed by atoms with Gasteiger partial charge in [-0.25, -0.2) is 4.39 Å². The zero-order valence-corrected chi connectivity index (χ0v) is 14.1. The van der Waals surface area contributed by atoms with E-state index in [4.69, 9.17) is 10.5 Å². The molecule has 0 heterocycles. The van der Waals surface area contributed by atoms with Gasteiger partial charge in [0.05, 0.1) is 11.6 Å². The van der Waals surface area contributed by atoms with Gasteiger partial charge in [-0.15, -0.1) is 11.8 Å². The summed E-state index contributed by atoms with van der Waals surface area (Å²) >= 11 is 4.91. The van der Waals surface area contributed by atoms with E-state index >= 15 is 0 Å². The van der Waals surface area contributed by atoms with Gasteiger partial charge in [0.2, 0.25) is 0 Å². The Morgan fingerprint density at radius 2 is 2.05 bits per heavy atom. The molecule has 0 amide bonds. The molecule has 2 aromatic carbocycles. The molecule has 21 heavy (non-hydrogen) atoms. The maximum absolute atomic E-state index is 13.5. The molecule has 2 aromatic rings. The Morgan fingerprint density at radius 1 is 1.29 bits per heavy atom. The lowest BCUT2D eigenvalue weighted by atomic mass is 10.1. The highest BCUT2D eigenvalue weighted by Gasteiger charge is 2.09. The quantitative estimate of drug-likeness (QED) is 0.772. The average Bonchev–Trinajstić information content (AvgIpc) is 2.46. The van der Waals surface area contributed by atoms with E-state index in [-0.39, 0.29) is 11.9 Å². The monoisotopic (exact) mass is 369 g/mol. The first kappa shape index (κ1) is 16.3. The van der Waals surface area contributed by atoms with Crippen molar-refractivity contribution in [2.45, 2.75) is 17.4 Å². The van der Waals surface area contributed by atoms with Gasteiger partial charge in [-0.05, 0) is 52.2 Å². The first-order chi connectivity index (χ1) is 10.1. The zero-order chi connectivity index (χ0) is 15.2. The summed E-state index contributed by atoms with van der Waals surface area (Å²) < 4.78 is 19.6. The van der Waals surface area contributed by atoms with E-state index in [9.17, 15) is 4.39 Å². The number of rotatable bonds is 6. The average molecular weight is 370 g/mol. The van der Waals surface area contributed by atoms with Crippen molar-refractivity contribution in [1.29, 1.82) is 0 Å². The molecule has 5 heteroatoms. The Hall–Kier alpha value is -1.04. The van der Waals surface area contributed by atoms with Crippen molar-refractivity contribution in [3.05, 3.63) is 58.3 Å². The fraction of sp³-hybridized carbons (Fsp3) is 0.250. The normalized spacial score (nSPS) is 12.2. The number of methoxy groups -OCH3 is 1. The Bertz CT molecular complexity index is 609. The Balaban J connectivity index is 1.91. The summed E-state index contributed by atoms with van der Waals surface area (Å²) in [4.78, 5) is 0.642. The van der Waals surface area contributed by atoms with E-state index in [1.54, 1.807) is 19.2 Å². The molecule has 0 aliphatic rings. The Morgan fingerprint density at radius 3 is 2.71 bits per heavy atom. The molecule has 2 N–H and O–H groups in total. The van der Waals surface area contributed by atoms with Gasteiger partial charge >= 0.3 is 0 Å². The first-order valence-corrected chi connectivity index (χ1v) is 8.33. The largest absolute Gasteiger partial charge is 0.496 e. The third-order valence-corrected chi connectivity index (χ3v) is 4.86. The lowest BCUT2D eigenvalue weighted by Gasteiger charge is -2.13. The highest BCUT2D eigenvalue weighted by Crippen LogP contribution is 2.27. The third kappa shape index (κ3) is 4.73. The fourth-order valence-corrected chi connectivity index (χ4v) is 3.44. The van der Waals surface area contributed by atoms with Crippen molar-refractivity contribution in [3.8, 4) is 5.75 Å². The summed E-state index contributed by atoms with van der Waals surface area (Å²) in [6.07, 6.45) is 0.740. The van der Waals surface area contributed by atoms with Crippen LogP contribution in [0.4, 0.5) is 4.39 Å². The molecule has 0 fully saturated rings. The molecule has 0 radical (unpaired) electrons. The van der Waals surface area contributed by atoms with Crippen LogP contribution in [0.2, 0.25) is 0 Å². The van der Waals surface area contributed by atoms with Gasteiger partial charge in [-0.3, -0.25) is 0 Å². The number of ether oxygens (including phenoxy) is 1. The number of nitrogens with two attached hydrogens (primary N) is 1. The van der Waals surface area contributed by atoms with Crippen molar-refractivity contribution in [1.82, 2.24) is 0 Å². The van der Waals surface area contributed by atoms with Gasteiger partial charge in [-0.1, -0.05) is 18.2 Å². The summed E-state index contributed by atoms with van der Waals surface area (Å²) in [7, 11) is 1.64. The van der Waals surface area contributed by atoms with Gasteiger partial charge in [0.1, 0.15) is 11.6 Å². The van der Waals surface area contributed by atoms with Gasteiger partial charge in [0.15, 0.2) is 0 Å². The zero-order valence-electron chi connectivity index (χ0n) is 11.7. The first-order valence-electron chi connectivity index (χ1n) is 6.55. The van der Waals surface area contributed by atoms with Crippen molar-refractivity contribution >= 4 is 27.7 Å². The van der Waals surface area contributed by atoms with E-state index in [0.29, 0.717) is 10.6 Å². The van der Waals surface area contributed by atoms with Crippen molar-refractivity contribution in [3.63, 3.8) is 0 Å². The molecule has 0 saturated heterocycles. The molecular weight excluding hydrogens is 353 g/mol. The van der Waals surface area contributed by atoms with Crippen LogP contribution in [0.15, 0.2) is 51.8 Å². The van der Waals surface area contributed by atoms with Crippen LogP contribution < -0.4 is 10.5 Å². The molecule has 0 aliphatic carbocycles. The van der Waals surface area contributed by atoms with E-state index < -0.39 is 0 Å². The third-order valence-electron chi connectivity index (χ3n) is 3.00. The number of halogens is 2.